The van der Waals surface area contributed by atoms with Crippen LogP contribution in [0.3, 0.4) is 0 Å². The molecule has 1 aliphatic rings. The van der Waals surface area contributed by atoms with Crippen LogP contribution in [-0.2, 0) is 20.7 Å². The number of carbonyl (C=O) groups excluding carboxylic acids is 2. The van der Waals surface area contributed by atoms with Crippen molar-refractivity contribution in [3.05, 3.63) is 35.9 Å². The van der Waals surface area contributed by atoms with Crippen molar-refractivity contribution >= 4 is 11.8 Å². The Bertz CT molecular complexity index is 568. The molecule has 0 heterocycles. The van der Waals surface area contributed by atoms with Gasteiger partial charge >= 0.3 is 0 Å². The molecule has 2 rings (SSSR count). The van der Waals surface area contributed by atoms with Crippen LogP contribution in [0.25, 0.3) is 0 Å². The average molecular weight is 375 g/mol. The number of carbonyl (C=O) groups is 2. The summed E-state index contributed by atoms with van der Waals surface area (Å²) in [6.07, 6.45) is 7.65. The predicted octanol–water partition coefficient (Wildman–Crippen LogP) is 3.23. The first kappa shape index (κ1) is 21.4. The van der Waals surface area contributed by atoms with Crippen molar-refractivity contribution < 1.29 is 14.3 Å². The Hall–Kier alpha value is -1.88. The normalized spacial score (nSPS) is 16.1. The van der Waals surface area contributed by atoms with Crippen LogP contribution in [0.2, 0.25) is 0 Å². The zero-order chi connectivity index (χ0) is 19.5. The van der Waals surface area contributed by atoms with Gasteiger partial charge in [-0.05, 0) is 30.7 Å². The van der Waals surface area contributed by atoms with Crippen LogP contribution in [0.15, 0.2) is 30.3 Å². The van der Waals surface area contributed by atoms with Crippen molar-refractivity contribution in [2.75, 3.05) is 13.2 Å². The molecule has 1 atom stereocenters. The van der Waals surface area contributed by atoms with E-state index < -0.39 is 6.04 Å². The van der Waals surface area contributed by atoms with Crippen molar-refractivity contribution in [3.8, 4) is 0 Å². The van der Waals surface area contributed by atoms with Crippen LogP contribution in [0.4, 0.5) is 0 Å². The van der Waals surface area contributed by atoms with Crippen LogP contribution in [0.5, 0.6) is 0 Å². The maximum atomic E-state index is 12.5. The standard InChI is InChI=1S/C22H34N2O3/c1-17(2)21(24-20(25)16-18-10-5-3-6-11-18)22(26)23-14-9-15-27-19-12-7-4-8-13-19/h3,5-6,10-11,17,19,21H,4,7-9,12-16H2,1-2H3,(H,23,26)(H,24,25)/t21-/m0/s1. The van der Waals surface area contributed by atoms with Gasteiger partial charge in [-0.15, -0.1) is 0 Å². The maximum absolute atomic E-state index is 12.5. The molecule has 1 aliphatic carbocycles. The highest BCUT2D eigenvalue weighted by Crippen LogP contribution is 2.20. The molecule has 5 heteroatoms. The molecule has 5 nitrogen and oxygen atoms in total. The summed E-state index contributed by atoms with van der Waals surface area (Å²) in [4.78, 5) is 24.7. The summed E-state index contributed by atoms with van der Waals surface area (Å²) >= 11 is 0. The number of rotatable bonds is 10. The van der Waals surface area contributed by atoms with Gasteiger partial charge in [-0.1, -0.05) is 63.4 Å². The lowest BCUT2D eigenvalue weighted by atomic mass is 9.98. The van der Waals surface area contributed by atoms with Crippen LogP contribution in [0, 0.1) is 5.92 Å². The van der Waals surface area contributed by atoms with Crippen LogP contribution < -0.4 is 10.6 Å². The number of amides is 2. The second-order valence-corrected chi connectivity index (χ2v) is 7.73. The molecule has 0 unspecified atom stereocenters. The monoisotopic (exact) mass is 374 g/mol. The summed E-state index contributed by atoms with van der Waals surface area (Å²) in [6.45, 7) is 5.14. The zero-order valence-corrected chi connectivity index (χ0v) is 16.7. The topological polar surface area (TPSA) is 67.4 Å². The Morgan fingerprint density at radius 1 is 1.11 bits per heavy atom. The lowest BCUT2D eigenvalue weighted by Gasteiger charge is -2.23. The Morgan fingerprint density at radius 2 is 1.81 bits per heavy atom. The zero-order valence-electron chi connectivity index (χ0n) is 16.7. The predicted molar refractivity (Wildman–Crippen MR) is 107 cm³/mol. The third kappa shape index (κ3) is 8.12. The second-order valence-electron chi connectivity index (χ2n) is 7.73. The number of benzene rings is 1. The number of ether oxygens (including phenoxy) is 1. The van der Waals surface area contributed by atoms with E-state index in [1.807, 2.05) is 44.2 Å². The molecule has 0 bridgehead atoms. The van der Waals surface area contributed by atoms with E-state index in [4.69, 9.17) is 4.74 Å². The number of nitrogens with one attached hydrogen (secondary N) is 2. The van der Waals surface area contributed by atoms with Crippen molar-refractivity contribution in [1.29, 1.82) is 0 Å². The van der Waals surface area contributed by atoms with Crippen LogP contribution in [0.1, 0.15) is 57.9 Å². The minimum absolute atomic E-state index is 0.0308. The summed E-state index contributed by atoms with van der Waals surface area (Å²) in [5, 5.41) is 5.81. The summed E-state index contributed by atoms with van der Waals surface area (Å²) in [5.41, 5.74) is 0.942. The average Bonchev–Trinajstić information content (AvgIpc) is 2.67. The first-order chi connectivity index (χ1) is 13.1. The molecular weight excluding hydrogens is 340 g/mol. The molecule has 1 fully saturated rings. The molecule has 1 aromatic rings. The fourth-order valence-electron chi connectivity index (χ4n) is 3.42. The third-order valence-corrected chi connectivity index (χ3v) is 5.00. The lowest BCUT2D eigenvalue weighted by molar-refractivity contribution is -0.129. The van der Waals surface area contributed by atoms with Gasteiger partial charge in [-0.2, -0.15) is 0 Å². The smallest absolute Gasteiger partial charge is 0.242 e. The van der Waals surface area contributed by atoms with Gasteiger partial charge in [0.1, 0.15) is 6.04 Å². The van der Waals surface area contributed by atoms with E-state index in [0.29, 0.717) is 19.3 Å². The van der Waals surface area contributed by atoms with E-state index in [1.54, 1.807) is 0 Å². The van der Waals surface area contributed by atoms with Crippen molar-refractivity contribution in [2.24, 2.45) is 5.92 Å². The van der Waals surface area contributed by atoms with E-state index in [2.05, 4.69) is 10.6 Å². The molecule has 0 aliphatic heterocycles. The van der Waals surface area contributed by atoms with Gasteiger partial charge in [0.25, 0.3) is 0 Å². The van der Waals surface area contributed by atoms with E-state index in [0.717, 1.165) is 24.8 Å². The molecule has 2 amide bonds. The minimum Gasteiger partial charge on any atom is -0.378 e. The SMILES string of the molecule is CC(C)[C@H](NC(=O)Cc1ccccc1)C(=O)NCCCOC1CCCCC1. The fraction of sp³-hybridized carbons (Fsp3) is 0.636. The van der Waals surface area contributed by atoms with Crippen molar-refractivity contribution in [1.82, 2.24) is 10.6 Å². The Balaban J connectivity index is 1.68. The molecular formula is C22H34N2O3. The first-order valence-corrected chi connectivity index (χ1v) is 10.3. The lowest BCUT2D eigenvalue weighted by Crippen LogP contribution is -2.50. The largest absolute Gasteiger partial charge is 0.378 e. The van der Waals surface area contributed by atoms with Crippen molar-refractivity contribution in [2.45, 2.75) is 70.9 Å². The van der Waals surface area contributed by atoms with Crippen LogP contribution in [-0.4, -0.2) is 37.1 Å². The van der Waals surface area contributed by atoms with E-state index in [1.165, 1.54) is 19.3 Å². The molecule has 0 spiro atoms. The fourth-order valence-corrected chi connectivity index (χ4v) is 3.42. The summed E-state index contributed by atoms with van der Waals surface area (Å²) in [7, 11) is 0. The quantitative estimate of drug-likeness (QED) is 0.618. The Morgan fingerprint density at radius 3 is 2.48 bits per heavy atom. The molecule has 0 radical (unpaired) electrons. The molecule has 1 aromatic carbocycles. The van der Waals surface area contributed by atoms with Gasteiger partial charge < -0.3 is 15.4 Å². The Labute approximate surface area is 163 Å². The van der Waals surface area contributed by atoms with Gasteiger partial charge in [-0.25, -0.2) is 0 Å². The molecule has 27 heavy (non-hydrogen) atoms. The Kier molecular flexibility index (Phi) is 9.32. The van der Waals surface area contributed by atoms with Gasteiger partial charge in [0, 0.05) is 13.2 Å². The summed E-state index contributed by atoms with van der Waals surface area (Å²) in [5.74, 6) is -0.219. The van der Waals surface area contributed by atoms with Gasteiger partial charge in [0.2, 0.25) is 11.8 Å². The third-order valence-electron chi connectivity index (χ3n) is 5.00. The molecule has 150 valence electrons. The summed E-state index contributed by atoms with van der Waals surface area (Å²) in [6, 6.07) is 9.05. The van der Waals surface area contributed by atoms with Crippen molar-refractivity contribution in [3.63, 3.8) is 0 Å². The van der Waals surface area contributed by atoms with Gasteiger partial charge in [0.15, 0.2) is 0 Å². The highest BCUT2D eigenvalue weighted by Gasteiger charge is 2.23. The van der Waals surface area contributed by atoms with Gasteiger partial charge in [0.05, 0.1) is 12.5 Å². The highest BCUT2D eigenvalue weighted by molar-refractivity contribution is 5.88. The minimum atomic E-state index is -0.513. The molecule has 2 N–H and O–H groups in total. The number of hydrogen-bond acceptors (Lipinski definition) is 3. The molecule has 0 saturated heterocycles. The summed E-state index contributed by atoms with van der Waals surface area (Å²) < 4.78 is 5.88. The van der Waals surface area contributed by atoms with E-state index >= 15 is 0 Å². The van der Waals surface area contributed by atoms with Gasteiger partial charge in [-0.3, -0.25) is 9.59 Å². The highest BCUT2D eigenvalue weighted by atomic mass is 16.5. The molecule has 1 saturated carbocycles. The van der Waals surface area contributed by atoms with E-state index in [9.17, 15) is 9.59 Å². The first-order valence-electron chi connectivity index (χ1n) is 10.3. The second kappa shape index (κ2) is 11.8. The van der Waals surface area contributed by atoms with Crippen LogP contribution >= 0.6 is 0 Å². The van der Waals surface area contributed by atoms with E-state index in [-0.39, 0.29) is 24.2 Å². The molecule has 0 aromatic heterocycles. The number of hydrogen-bond donors (Lipinski definition) is 2. The maximum Gasteiger partial charge on any atom is 0.242 e.